The Balaban J connectivity index is 2.43. The highest BCUT2D eigenvalue weighted by atomic mass is 16.5. The number of carbonyl (C=O) groups excluding carboxylic acids is 1. The Morgan fingerprint density at radius 3 is 2.87 bits per heavy atom. The van der Waals surface area contributed by atoms with E-state index in [0.717, 1.165) is 12.0 Å². The van der Waals surface area contributed by atoms with Gasteiger partial charge in [0, 0.05) is 47.8 Å². The zero-order valence-corrected chi connectivity index (χ0v) is 16.9. The summed E-state index contributed by atoms with van der Waals surface area (Å²) < 4.78 is 174. The number of rotatable bonds is 7. The van der Waals surface area contributed by atoms with Gasteiger partial charge in [-0.2, -0.15) is 0 Å². The summed E-state index contributed by atoms with van der Waals surface area (Å²) in [6.07, 6.45) is -8.42. The minimum Gasteiger partial charge on any atom is -0.493 e. The lowest BCUT2D eigenvalue weighted by Gasteiger charge is -2.47. The van der Waals surface area contributed by atoms with Crippen molar-refractivity contribution >= 4 is 5.97 Å². The number of nitrogens with two attached hydrogens (primary N) is 1. The third-order valence-corrected chi connectivity index (χ3v) is 4.65. The quantitative estimate of drug-likeness (QED) is 0.658. The van der Waals surface area contributed by atoms with Crippen LogP contribution in [0.15, 0.2) is 12.1 Å². The molecule has 1 aromatic carbocycles. The van der Waals surface area contributed by atoms with Crippen molar-refractivity contribution in [3.63, 3.8) is 0 Å². The number of piperidine rings is 1. The maximum absolute atomic E-state index is 13.7. The van der Waals surface area contributed by atoms with Gasteiger partial charge in [0.25, 0.3) is 0 Å². The molecule has 2 N–H and O–H groups in total. The molecule has 2 aliphatic heterocycles. The fourth-order valence-electron chi connectivity index (χ4n) is 3.27. The maximum Gasteiger partial charge on any atom is 0.323 e. The van der Waals surface area contributed by atoms with Gasteiger partial charge >= 0.3 is 5.97 Å². The largest absolute Gasteiger partial charge is 0.493 e. The average Bonchev–Trinajstić information content (AvgIpc) is 2.91. The second kappa shape index (κ2) is 9.56. The maximum atomic E-state index is 13.7. The Labute approximate surface area is 207 Å². The number of carbonyl (C=O) groups is 1. The summed E-state index contributed by atoms with van der Waals surface area (Å²) in [6.45, 7) is -8.66. The highest BCUT2D eigenvalue weighted by Gasteiger charge is 2.41. The van der Waals surface area contributed by atoms with Gasteiger partial charge in [0.2, 0.25) is 0 Å². The fourth-order valence-corrected chi connectivity index (χ4v) is 3.27. The van der Waals surface area contributed by atoms with Gasteiger partial charge in [0.1, 0.15) is 12.1 Å². The second-order valence-electron chi connectivity index (χ2n) is 7.29. The van der Waals surface area contributed by atoms with Crippen molar-refractivity contribution in [2.75, 3.05) is 27.2 Å². The fraction of sp³-hybridized carbons (Fsp3) is 0.708. The first-order valence-corrected chi connectivity index (χ1v) is 9.32. The van der Waals surface area contributed by atoms with Crippen molar-refractivity contribution in [2.45, 2.75) is 64.9 Å². The van der Waals surface area contributed by atoms with Crippen LogP contribution in [0.4, 0.5) is 0 Å². The van der Waals surface area contributed by atoms with E-state index in [1.807, 2.05) is 0 Å². The summed E-state index contributed by atoms with van der Waals surface area (Å²) in [7, 11) is -2.14. The van der Waals surface area contributed by atoms with Crippen molar-refractivity contribution in [2.24, 2.45) is 23.4 Å². The standard InChI is InChI=1S/C24H38N2O4/c1-14(2)9-17-13-26-8-7-16-10-21(28-5)22(29-6)11-18(16)19(26)12-20(17)30-24(27)23(25)15(3)4/h10-11,14-15,17,19-20,23H,7-9,12-13,25H2,1-6H3/t17?,19?,20?,23-/m0/s1/i3D3,4D3,5D3,10D,11D,12D2,13D2,15D,17D,20D,23D. The molecule has 6 nitrogen and oxygen atoms in total. The lowest BCUT2D eigenvalue weighted by molar-refractivity contribution is -0.160. The van der Waals surface area contributed by atoms with Gasteiger partial charge in [-0.15, -0.1) is 0 Å². The third kappa shape index (κ3) is 4.75. The molecule has 168 valence electrons. The van der Waals surface area contributed by atoms with Crippen molar-refractivity contribution in [3.05, 3.63) is 23.2 Å². The molecule has 1 aromatic rings. The highest BCUT2D eigenvalue weighted by molar-refractivity contribution is 5.76. The van der Waals surface area contributed by atoms with E-state index in [4.69, 9.17) is 37.8 Å². The number of nitrogens with zero attached hydrogens (tertiary/aromatic N) is 1. The molecule has 0 radical (unpaired) electrons. The van der Waals surface area contributed by atoms with E-state index in [9.17, 15) is 13.0 Å². The predicted molar refractivity (Wildman–Crippen MR) is 118 cm³/mol. The molecule has 2 aliphatic rings. The Kier molecular flexibility index (Phi) is 2.75. The number of ether oxygens (including phenoxy) is 3. The summed E-state index contributed by atoms with van der Waals surface area (Å²) >= 11 is 0. The molecule has 4 atom stereocenters. The van der Waals surface area contributed by atoms with Crippen LogP contribution < -0.4 is 15.2 Å². The van der Waals surface area contributed by atoms with E-state index in [2.05, 4.69) is 0 Å². The first-order chi connectivity index (χ1) is 21.6. The molecule has 0 aliphatic carbocycles. The first-order valence-electron chi connectivity index (χ1n) is 18.8. The topological polar surface area (TPSA) is 74.0 Å². The summed E-state index contributed by atoms with van der Waals surface area (Å²) in [5.41, 5.74) is 4.94. The van der Waals surface area contributed by atoms with Crippen molar-refractivity contribution in [1.82, 2.24) is 4.90 Å². The highest BCUT2D eigenvalue weighted by Crippen LogP contribution is 2.44. The normalized spacial score (nSPS) is 45.1. The van der Waals surface area contributed by atoms with Gasteiger partial charge in [0.15, 0.2) is 11.5 Å². The van der Waals surface area contributed by atoms with E-state index in [1.165, 1.54) is 13.8 Å². The zero-order chi connectivity index (χ0) is 38.5. The smallest absolute Gasteiger partial charge is 0.323 e. The van der Waals surface area contributed by atoms with Gasteiger partial charge in [-0.05, 0) is 47.9 Å². The number of fused-ring (bicyclic) bond motifs is 3. The molecule has 2 heterocycles. The molecular weight excluding hydrogens is 380 g/mol. The molecule has 1 fully saturated rings. The van der Waals surface area contributed by atoms with E-state index >= 15 is 0 Å². The van der Waals surface area contributed by atoms with E-state index < -0.39 is 118 Å². The number of hydrogen-bond acceptors (Lipinski definition) is 6. The monoisotopic (exact) mass is 437 g/mol. The molecule has 0 amide bonds. The average molecular weight is 438 g/mol. The Bertz CT molecular complexity index is 1460. The Morgan fingerprint density at radius 1 is 1.43 bits per heavy atom. The molecule has 6 heteroatoms. The Hall–Kier alpha value is -1.79. The lowest BCUT2D eigenvalue weighted by Crippen LogP contribution is -2.51. The van der Waals surface area contributed by atoms with E-state index in [0.29, 0.717) is 0 Å². The minimum absolute atomic E-state index is 0.218. The van der Waals surface area contributed by atoms with Gasteiger partial charge in [-0.3, -0.25) is 9.69 Å². The van der Waals surface area contributed by atoms with Crippen molar-refractivity contribution in [3.8, 4) is 11.5 Å². The summed E-state index contributed by atoms with van der Waals surface area (Å²) in [6, 6.07) is -7.74. The molecule has 3 rings (SSSR count). The SMILES string of the molecule is [2H]c1c2c(c([2H])c(OC)c1OC([2H])([2H])[2H])C1N(CC2)C([2H])([2H])C([2H])(CC(C)C)C([2H])(OC(=O)[C@@]([2H])(N)C([2H])(C([2H])([2H])[2H])C([2H])([2H])[2H])C1([2H])[2H]. The van der Waals surface area contributed by atoms with E-state index in [-0.39, 0.29) is 12.0 Å². The molecule has 3 unspecified atom stereocenters. The van der Waals surface area contributed by atoms with Crippen LogP contribution in [0.3, 0.4) is 0 Å². The van der Waals surface area contributed by atoms with Gasteiger partial charge in [0.05, 0.1) is 23.7 Å². The lowest BCUT2D eigenvalue weighted by atomic mass is 9.79. The second-order valence-corrected chi connectivity index (χ2v) is 7.29. The van der Waals surface area contributed by atoms with Gasteiger partial charge in [-0.25, -0.2) is 0 Å². The molecule has 0 aromatic heterocycles. The molecule has 0 bridgehead atoms. The number of methoxy groups -OCH3 is 2. The molecule has 0 spiro atoms. The van der Waals surface area contributed by atoms with Gasteiger partial charge in [-0.1, -0.05) is 27.6 Å². The van der Waals surface area contributed by atoms with Crippen molar-refractivity contribution in [1.29, 1.82) is 0 Å². The van der Waals surface area contributed by atoms with Crippen LogP contribution in [0, 0.1) is 17.7 Å². The molecular formula is C24H38N2O4. The van der Waals surface area contributed by atoms with Gasteiger partial charge < -0.3 is 19.9 Å². The summed E-state index contributed by atoms with van der Waals surface area (Å²) in [4.78, 5) is 14.5. The van der Waals surface area contributed by atoms with Crippen molar-refractivity contribution < 1.29 is 45.0 Å². The van der Waals surface area contributed by atoms with Crippen LogP contribution in [0.5, 0.6) is 11.5 Å². The van der Waals surface area contributed by atoms with Crippen LogP contribution in [0.1, 0.15) is 83.6 Å². The van der Waals surface area contributed by atoms with Crippen LogP contribution in [-0.2, 0) is 16.0 Å². The van der Waals surface area contributed by atoms with E-state index in [1.54, 1.807) is 0 Å². The third-order valence-electron chi connectivity index (χ3n) is 4.65. The zero-order valence-electron chi connectivity index (χ0n) is 35.9. The van der Waals surface area contributed by atoms with Crippen LogP contribution in [-0.4, -0.2) is 50.2 Å². The summed E-state index contributed by atoms with van der Waals surface area (Å²) in [5, 5.41) is 0. The number of benzene rings is 1. The van der Waals surface area contributed by atoms with Crippen LogP contribution >= 0.6 is 0 Å². The number of esters is 1. The number of hydrogen-bond donors (Lipinski definition) is 1. The Morgan fingerprint density at radius 2 is 2.20 bits per heavy atom. The van der Waals surface area contributed by atoms with Crippen LogP contribution in [0.2, 0.25) is 0 Å². The molecule has 30 heavy (non-hydrogen) atoms. The predicted octanol–water partition coefficient (Wildman–Crippen LogP) is 3.56. The molecule has 0 saturated carbocycles. The minimum atomic E-state index is -4.14. The first kappa shape index (κ1) is 8.62. The molecule has 1 saturated heterocycles. The van der Waals surface area contributed by atoms with Crippen LogP contribution in [0.25, 0.3) is 0 Å². The summed E-state index contributed by atoms with van der Waals surface area (Å²) in [5.74, 6) is -11.8.